The van der Waals surface area contributed by atoms with Gasteiger partial charge in [0.2, 0.25) is 0 Å². The molecule has 0 saturated carbocycles. The minimum absolute atomic E-state index is 0.110. The van der Waals surface area contributed by atoms with Crippen LogP contribution in [0.15, 0.2) is 48.5 Å². The average Bonchev–Trinajstić information content (AvgIpc) is 2.39. The number of hydrogen-bond acceptors (Lipinski definition) is 1. The largest absolute Gasteiger partial charge is 0.295 e. The Kier molecular flexibility index (Phi) is 3.38. The molecular weight excluding hydrogens is 208 g/mol. The highest BCUT2D eigenvalue weighted by molar-refractivity contribution is 5.95. The van der Waals surface area contributed by atoms with E-state index in [1.54, 1.807) is 6.92 Å². The topological polar surface area (TPSA) is 17.1 Å². The maximum Gasteiger partial charge on any atom is 0.159 e. The summed E-state index contributed by atoms with van der Waals surface area (Å²) in [7, 11) is 0. The van der Waals surface area contributed by atoms with E-state index in [0.717, 1.165) is 17.5 Å². The molecule has 17 heavy (non-hydrogen) atoms. The molecule has 0 unspecified atom stereocenters. The van der Waals surface area contributed by atoms with Crippen molar-refractivity contribution in [3.05, 3.63) is 59.7 Å². The molecule has 0 aliphatic carbocycles. The number of ketones is 1. The van der Waals surface area contributed by atoms with Gasteiger partial charge in [0.1, 0.15) is 0 Å². The van der Waals surface area contributed by atoms with Crippen LogP contribution in [-0.2, 0) is 6.42 Å². The lowest BCUT2D eigenvalue weighted by Gasteiger charge is -2.05. The van der Waals surface area contributed by atoms with Gasteiger partial charge < -0.3 is 0 Å². The number of carbonyl (C=O) groups is 1. The van der Waals surface area contributed by atoms with E-state index in [0.29, 0.717) is 0 Å². The normalized spacial score (nSPS) is 10.2. The Morgan fingerprint density at radius 2 is 1.65 bits per heavy atom. The second kappa shape index (κ2) is 4.96. The number of aryl methyl sites for hydroxylation is 1. The molecular formula is C16H16O. The molecule has 0 aliphatic rings. The van der Waals surface area contributed by atoms with Gasteiger partial charge >= 0.3 is 0 Å². The minimum atomic E-state index is 0.110. The third-order valence-corrected chi connectivity index (χ3v) is 2.94. The summed E-state index contributed by atoms with van der Waals surface area (Å²) in [6, 6.07) is 16.2. The summed E-state index contributed by atoms with van der Waals surface area (Å²) >= 11 is 0. The van der Waals surface area contributed by atoms with E-state index >= 15 is 0 Å². The van der Waals surface area contributed by atoms with Gasteiger partial charge in [0.25, 0.3) is 0 Å². The van der Waals surface area contributed by atoms with Crippen molar-refractivity contribution in [2.24, 2.45) is 0 Å². The van der Waals surface area contributed by atoms with E-state index in [1.807, 2.05) is 24.3 Å². The summed E-state index contributed by atoms with van der Waals surface area (Å²) < 4.78 is 0. The van der Waals surface area contributed by atoms with Crippen LogP contribution < -0.4 is 0 Å². The predicted octanol–water partition coefficient (Wildman–Crippen LogP) is 4.12. The molecule has 0 atom stereocenters. The summed E-state index contributed by atoms with van der Waals surface area (Å²) in [6.07, 6.45) is 1.03. The summed E-state index contributed by atoms with van der Waals surface area (Å²) in [5, 5.41) is 0. The van der Waals surface area contributed by atoms with E-state index in [-0.39, 0.29) is 5.78 Å². The van der Waals surface area contributed by atoms with Gasteiger partial charge in [-0.2, -0.15) is 0 Å². The third kappa shape index (κ3) is 2.62. The van der Waals surface area contributed by atoms with Crippen LogP contribution in [0.4, 0.5) is 0 Å². The van der Waals surface area contributed by atoms with Gasteiger partial charge in [0, 0.05) is 5.56 Å². The molecule has 0 spiro atoms. The average molecular weight is 224 g/mol. The quantitative estimate of drug-likeness (QED) is 0.717. The van der Waals surface area contributed by atoms with Gasteiger partial charge in [0.05, 0.1) is 0 Å². The lowest BCUT2D eigenvalue weighted by molar-refractivity contribution is 0.101. The maximum atomic E-state index is 11.4. The fourth-order valence-corrected chi connectivity index (χ4v) is 1.89. The molecule has 2 rings (SSSR count). The first-order valence-electron chi connectivity index (χ1n) is 5.91. The molecule has 0 aromatic heterocycles. The number of hydrogen-bond donors (Lipinski definition) is 0. The Labute approximate surface area is 102 Å². The van der Waals surface area contributed by atoms with Crippen LogP contribution in [0.25, 0.3) is 11.1 Å². The Morgan fingerprint density at radius 1 is 1.00 bits per heavy atom. The zero-order valence-electron chi connectivity index (χ0n) is 10.2. The first kappa shape index (κ1) is 11.6. The van der Waals surface area contributed by atoms with E-state index in [4.69, 9.17) is 0 Å². The van der Waals surface area contributed by atoms with Crippen molar-refractivity contribution in [3.63, 3.8) is 0 Å². The molecule has 0 aliphatic heterocycles. The monoisotopic (exact) mass is 224 g/mol. The van der Waals surface area contributed by atoms with Crippen molar-refractivity contribution in [1.29, 1.82) is 0 Å². The first-order chi connectivity index (χ1) is 8.20. The lowest BCUT2D eigenvalue weighted by atomic mass is 9.99. The van der Waals surface area contributed by atoms with Gasteiger partial charge in [-0.05, 0) is 36.1 Å². The molecule has 0 saturated heterocycles. The SMILES string of the molecule is CCc1cccc(-c2cccc(C(C)=O)c2)c1. The Hall–Kier alpha value is -1.89. The standard InChI is InChI=1S/C16H16O/c1-3-13-6-4-8-15(10-13)16-9-5-7-14(11-16)12(2)17/h4-11H,3H2,1-2H3. The van der Waals surface area contributed by atoms with E-state index in [1.165, 1.54) is 11.1 Å². The summed E-state index contributed by atoms with van der Waals surface area (Å²) in [6.45, 7) is 3.74. The summed E-state index contributed by atoms with van der Waals surface area (Å²) in [5.74, 6) is 0.110. The number of rotatable bonds is 3. The zero-order valence-corrected chi connectivity index (χ0v) is 10.2. The highest BCUT2D eigenvalue weighted by Gasteiger charge is 2.02. The van der Waals surface area contributed by atoms with Gasteiger partial charge in [0.15, 0.2) is 5.78 Å². The Bertz CT molecular complexity index is 541. The van der Waals surface area contributed by atoms with Crippen molar-refractivity contribution < 1.29 is 4.79 Å². The van der Waals surface area contributed by atoms with E-state index in [9.17, 15) is 4.79 Å². The molecule has 0 bridgehead atoms. The van der Waals surface area contributed by atoms with Crippen molar-refractivity contribution in [3.8, 4) is 11.1 Å². The summed E-state index contributed by atoms with van der Waals surface area (Å²) in [4.78, 5) is 11.4. The second-order valence-electron chi connectivity index (χ2n) is 4.19. The van der Waals surface area contributed by atoms with Gasteiger partial charge in [-0.25, -0.2) is 0 Å². The van der Waals surface area contributed by atoms with Crippen LogP contribution in [0, 0.1) is 0 Å². The molecule has 2 aromatic rings. The number of benzene rings is 2. The molecule has 0 amide bonds. The molecule has 1 heteroatoms. The smallest absolute Gasteiger partial charge is 0.159 e. The van der Waals surface area contributed by atoms with Crippen molar-refractivity contribution in [1.82, 2.24) is 0 Å². The Morgan fingerprint density at radius 3 is 2.29 bits per heavy atom. The number of carbonyl (C=O) groups excluding carboxylic acids is 1. The van der Waals surface area contributed by atoms with Crippen molar-refractivity contribution in [2.75, 3.05) is 0 Å². The zero-order chi connectivity index (χ0) is 12.3. The lowest BCUT2D eigenvalue weighted by Crippen LogP contribution is -1.92. The second-order valence-corrected chi connectivity index (χ2v) is 4.19. The Balaban J connectivity index is 2.45. The highest BCUT2D eigenvalue weighted by Crippen LogP contribution is 2.22. The van der Waals surface area contributed by atoms with Crippen molar-refractivity contribution >= 4 is 5.78 Å². The number of Topliss-reactive ketones (excluding diaryl/α,β-unsaturated/α-hetero) is 1. The van der Waals surface area contributed by atoms with Crippen LogP contribution in [0.2, 0.25) is 0 Å². The van der Waals surface area contributed by atoms with Crippen LogP contribution in [0.3, 0.4) is 0 Å². The molecule has 0 fully saturated rings. The molecule has 2 aromatic carbocycles. The first-order valence-corrected chi connectivity index (χ1v) is 5.91. The highest BCUT2D eigenvalue weighted by atomic mass is 16.1. The molecule has 86 valence electrons. The minimum Gasteiger partial charge on any atom is -0.295 e. The van der Waals surface area contributed by atoms with Crippen LogP contribution in [-0.4, -0.2) is 5.78 Å². The summed E-state index contributed by atoms with van der Waals surface area (Å²) in [5.41, 5.74) is 4.36. The van der Waals surface area contributed by atoms with Crippen LogP contribution in [0.1, 0.15) is 29.8 Å². The fourth-order valence-electron chi connectivity index (χ4n) is 1.89. The fraction of sp³-hybridized carbons (Fsp3) is 0.188. The van der Waals surface area contributed by atoms with E-state index < -0.39 is 0 Å². The molecule has 0 N–H and O–H groups in total. The van der Waals surface area contributed by atoms with Gasteiger partial charge in [-0.3, -0.25) is 4.79 Å². The molecule has 0 radical (unpaired) electrons. The maximum absolute atomic E-state index is 11.4. The van der Waals surface area contributed by atoms with Crippen LogP contribution in [0.5, 0.6) is 0 Å². The van der Waals surface area contributed by atoms with Crippen molar-refractivity contribution in [2.45, 2.75) is 20.3 Å². The van der Waals surface area contributed by atoms with E-state index in [2.05, 4.69) is 31.2 Å². The molecule has 1 nitrogen and oxygen atoms in total. The van der Waals surface area contributed by atoms with Gasteiger partial charge in [-0.1, -0.05) is 49.4 Å². The predicted molar refractivity (Wildman–Crippen MR) is 71.3 cm³/mol. The van der Waals surface area contributed by atoms with Gasteiger partial charge in [-0.15, -0.1) is 0 Å². The third-order valence-electron chi connectivity index (χ3n) is 2.94. The van der Waals surface area contributed by atoms with Crippen LogP contribution >= 0.6 is 0 Å². The molecule has 0 heterocycles.